The molecule has 0 aliphatic carbocycles. The lowest BCUT2D eigenvalue weighted by atomic mass is 10.2. The van der Waals surface area contributed by atoms with Crippen molar-refractivity contribution in [3.63, 3.8) is 0 Å². The van der Waals surface area contributed by atoms with Gasteiger partial charge in [0.15, 0.2) is 6.61 Å². The smallest absolute Gasteiger partial charge is 0.324 e. The monoisotopic (exact) mass is 496 g/mol. The molecule has 1 aliphatic rings. The van der Waals surface area contributed by atoms with Crippen LogP contribution in [-0.2, 0) is 24.3 Å². The molecule has 1 atom stereocenters. The maximum absolute atomic E-state index is 12.1. The fourth-order valence-electron chi connectivity index (χ4n) is 2.60. The number of carbonyl (C=O) groups is 2. The van der Waals surface area contributed by atoms with Crippen LogP contribution in [0.2, 0.25) is 0 Å². The van der Waals surface area contributed by atoms with Gasteiger partial charge in [-0.2, -0.15) is 4.31 Å². The van der Waals surface area contributed by atoms with Crippen molar-refractivity contribution >= 4 is 59.4 Å². The molecule has 0 saturated carbocycles. The van der Waals surface area contributed by atoms with Crippen LogP contribution in [0.5, 0.6) is 0 Å². The highest BCUT2D eigenvalue weighted by Gasteiger charge is 2.37. The molecule has 0 spiro atoms. The van der Waals surface area contributed by atoms with Crippen molar-refractivity contribution in [2.45, 2.75) is 25.8 Å². The summed E-state index contributed by atoms with van der Waals surface area (Å²) in [5.74, 6) is -1.22. The van der Waals surface area contributed by atoms with E-state index < -0.39 is 34.5 Å². The van der Waals surface area contributed by atoms with Crippen LogP contribution in [0, 0.1) is 6.92 Å². The van der Waals surface area contributed by atoms with Gasteiger partial charge in [-0.1, -0.05) is 0 Å². The lowest BCUT2D eigenvalue weighted by Gasteiger charge is -2.20. The number of ether oxygens (including phenoxy) is 1. The normalized spacial score (nSPS) is 18.2. The minimum absolute atomic E-state index is 0.286. The number of halogens is 2. The Bertz CT molecular complexity index is 774. The average Bonchev–Trinajstić information content (AvgIpc) is 2.98. The van der Waals surface area contributed by atoms with Crippen molar-refractivity contribution in [3.8, 4) is 0 Å². The van der Waals surface area contributed by atoms with Gasteiger partial charge in [-0.3, -0.25) is 9.59 Å². The van der Waals surface area contributed by atoms with Gasteiger partial charge in [0.2, 0.25) is 10.0 Å². The number of anilines is 1. The molecule has 138 valence electrons. The largest absolute Gasteiger partial charge is 0.454 e. The highest BCUT2D eigenvalue weighted by atomic mass is 79.9. The molecule has 1 unspecified atom stereocenters. The molecule has 0 bridgehead atoms. The third-order valence-corrected chi connectivity index (χ3v) is 6.24. The maximum atomic E-state index is 12.1. The molecule has 1 saturated heterocycles. The maximum Gasteiger partial charge on any atom is 0.324 e. The van der Waals surface area contributed by atoms with Crippen molar-refractivity contribution in [3.05, 3.63) is 26.6 Å². The first-order valence-electron chi connectivity index (χ1n) is 7.48. The standard InChI is InChI=1S/C15H18Br2N2O5S/c1-9-6-10(16)14(11(17)7-9)18-13(20)8-24-15(21)12-4-3-5-19(12)25(2,22)23/h6-7,12H,3-5,8H2,1-2H3,(H,18,20). The van der Waals surface area contributed by atoms with Crippen molar-refractivity contribution < 1.29 is 22.7 Å². The number of hydrogen-bond donors (Lipinski definition) is 1. The predicted molar refractivity (Wildman–Crippen MR) is 101 cm³/mol. The molecule has 10 heteroatoms. The van der Waals surface area contributed by atoms with Crippen LogP contribution in [-0.4, -0.2) is 50.0 Å². The minimum Gasteiger partial charge on any atom is -0.454 e. The molecule has 1 amide bonds. The molecule has 0 radical (unpaired) electrons. The minimum atomic E-state index is -3.48. The molecule has 2 rings (SSSR count). The fraction of sp³-hybridized carbons (Fsp3) is 0.467. The van der Waals surface area contributed by atoms with Crippen LogP contribution < -0.4 is 5.32 Å². The zero-order valence-corrected chi connectivity index (χ0v) is 17.7. The van der Waals surface area contributed by atoms with E-state index in [0.717, 1.165) is 16.1 Å². The SMILES string of the molecule is Cc1cc(Br)c(NC(=O)COC(=O)C2CCCN2S(C)(=O)=O)c(Br)c1. The second-order valence-corrected chi connectivity index (χ2v) is 9.43. The highest BCUT2D eigenvalue weighted by molar-refractivity contribution is 9.11. The summed E-state index contributed by atoms with van der Waals surface area (Å²) in [5.41, 5.74) is 1.54. The Kier molecular flexibility index (Phi) is 6.63. The van der Waals surface area contributed by atoms with Crippen LogP contribution in [0.15, 0.2) is 21.1 Å². The van der Waals surface area contributed by atoms with E-state index in [0.29, 0.717) is 27.5 Å². The Labute approximate surface area is 163 Å². The Hall–Kier alpha value is -0.970. The number of esters is 1. The predicted octanol–water partition coefficient (Wildman–Crippen LogP) is 2.43. The Morgan fingerprint density at radius 1 is 1.32 bits per heavy atom. The van der Waals surface area contributed by atoms with E-state index in [1.54, 1.807) is 0 Å². The van der Waals surface area contributed by atoms with E-state index in [9.17, 15) is 18.0 Å². The summed E-state index contributed by atoms with van der Waals surface area (Å²) in [4.78, 5) is 24.1. The number of amides is 1. The van der Waals surface area contributed by atoms with E-state index in [1.807, 2.05) is 19.1 Å². The van der Waals surface area contributed by atoms with Gasteiger partial charge in [0.05, 0.1) is 11.9 Å². The lowest BCUT2D eigenvalue weighted by Crippen LogP contribution is -2.41. The molecule has 0 aromatic heterocycles. The molecule has 1 aromatic rings. The Morgan fingerprint density at radius 3 is 2.48 bits per heavy atom. The Balaban J connectivity index is 1.95. The van der Waals surface area contributed by atoms with Gasteiger partial charge in [0, 0.05) is 15.5 Å². The topological polar surface area (TPSA) is 92.8 Å². The summed E-state index contributed by atoms with van der Waals surface area (Å²) in [5, 5.41) is 2.65. The zero-order chi connectivity index (χ0) is 18.8. The molecular weight excluding hydrogens is 480 g/mol. The number of rotatable bonds is 5. The third-order valence-electron chi connectivity index (χ3n) is 3.70. The summed E-state index contributed by atoms with van der Waals surface area (Å²) < 4.78 is 30.8. The number of sulfonamides is 1. The van der Waals surface area contributed by atoms with Gasteiger partial charge in [0.25, 0.3) is 5.91 Å². The summed E-state index contributed by atoms with van der Waals surface area (Å²) in [6, 6.07) is 2.82. The number of carbonyl (C=O) groups excluding carboxylic acids is 2. The quantitative estimate of drug-likeness (QED) is 0.630. The van der Waals surface area contributed by atoms with E-state index in [4.69, 9.17) is 4.74 Å². The van der Waals surface area contributed by atoms with E-state index in [2.05, 4.69) is 37.2 Å². The third kappa shape index (κ3) is 5.25. The molecule has 1 fully saturated rings. The first kappa shape index (κ1) is 20.3. The molecule has 1 N–H and O–H groups in total. The Morgan fingerprint density at radius 2 is 1.92 bits per heavy atom. The number of aryl methyl sites for hydroxylation is 1. The second-order valence-electron chi connectivity index (χ2n) is 5.79. The van der Waals surface area contributed by atoms with Crippen molar-refractivity contribution in [2.24, 2.45) is 0 Å². The van der Waals surface area contributed by atoms with Crippen LogP contribution in [0.25, 0.3) is 0 Å². The summed E-state index contributed by atoms with van der Waals surface area (Å²) in [6.45, 7) is 1.71. The van der Waals surface area contributed by atoms with Gasteiger partial charge in [-0.05, 0) is 69.3 Å². The fourth-order valence-corrected chi connectivity index (χ4v) is 5.33. The van der Waals surface area contributed by atoms with Gasteiger partial charge in [0.1, 0.15) is 6.04 Å². The molecule has 1 heterocycles. The van der Waals surface area contributed by atoms with E-state index in [-0.39, 0.29) is 6.54 Å². The van der Waals surface area contributed by atoms with Gasteiger partial charge in [-0.25, -0.2) is 8.42 Å². The number of hydrogen-bond acceptors (Lipinski definition) is 5. The molecule has 1 aromatic carbocycles. The summed E-state index contributed by atoms with van der Waals surface area (Å²) in [7, 11) is -3.48. The van der Waals surface area contributed by atoms with Crippen molar-refractivity contribution in [2.75, 3.05) is 24.7 Å². The molecule has 1 aliphatic heterocycles. The molecule has 25 heavy (non-hydrogen) atoms. The van der Waals surface area contributed by atoms with Crippen LogP contribution in [0.1, 0.15) is 18.4 Å². The lowest BCUT2D eigenvalue weighted by molar-refractivity contribution is -0.150. The number of benzene rings is 1. The second kappa shape index (κ2) is 8.15. The van der Waals surface area contributed by atoms with Crippen LogP contribution in [0.3, 0.4) is 0 Å². The van der Waals surface area contributed by atoms with Gasteiger partial charge >= 0.3 is 5.97 Å². The summed E-state index contributed by atoms with van der Waals surface area (Å²) in [6.07, 6.45) is 2.03. The first-order valence-corrected chi connectivity index (χ1v) is 10.9. The zero-order valence-electron chi connectivity index (χ0n) is 13.7. The number of nitrogens with one attached hydrogen (secondary N) is 1. The highest BCUT2D eigenvalue weighted by Crippen LogP contribution is 2.32. The first-order chi connectivity index (χ1) is 11.6. The molecular formula is C15H18Br2N2O5S. The van der Waals surface area contributed by atoms with Crippen molar-refractivity contribution in [1.29, 1.82) is 0 Å². The average molecular weight is 498 g/mol. The number of nitrogens with zero attached hydrogens (tertiary/aromatic N) is 1. The van der Waals surface area contributed by atoms with E-state index >= 15 is 0 Å². The van der Waals surface area contributed by atoms with Crippen molar-refractivity contribution in [1.82, 2.24) is 4.31 Å². The molecule has 7 nitrogen and oxygen atoms in total. The van der Waals surface area contributed by atoms with Crippen LogP contribution in [0.4, 0.5) is 5.69 Å². The van der Waals surface area contributed by atoms with Gasteiger partial charge < -0.3 is 10.1 Å². The summed E-state index contributed by atoms with van der Waals surface area (Å²) >= 11 is 6.73. The van der Waals surface area contributed by atoms with Gasteiger partial charge in [-0.15, -0.1) is 0 Å². The van der Waals surface area contributed by atoms with Crippen LogP contribution >= 0.6 is 31.9 Å². The van der Waals surface area contributed by atoms with E-state index in [1.165, 1.54) is 0 Å².